The molecule has 2 aliphatic heterocycles. The molecule has 0 spiro atoms. The van der Waals surface area contributed by atoms with Crippen LogP contribution in [-0.2, 0) is 4.74 Å². The van der Waals surface area contributed by atoms with Crippen LogP contribution in [-0.4, -0.2) is 33.6 Å². The molecule has 6 unspecified atom stereocenters. The molecule has 2 fully saturated rings. The lowest BCUT2D eigenvalue weighted by Crippen LogP contribution is -2.43. The monoisotopic (exact) mass is 322 g/mol. The van der Waals surface area contributed by atoms with Crippen molar-refractivity contribution in [2.24, 2.45) is 11.3 Å². The number of aliphatic hydroxyl groups is 2. The molecule has 6 atom stereocenters. The van der Waals surface area contributed by atoms with Gasteiger partial charge in [0.1, 0.15) is 0 Å². The van der Waals surface area contributed by atoms with Crippen molar-refractivity contribution in [3.05, 3.63) is 24.8 Å². The standard InChI is InChI=1S/C20H34O3/c1-7-18(4,22)11-9-16-19(5,12-8-15(21)14(2)3)17-10-13-20(16,6)23-17/h7,15-17,21-22H,1-2,8-13H2,3-6H3. The molecular formula is C20H34O3. The Balaban J connectivity index is 2.12. The molecular weight excluding hydrogens is 288 g/mol. The van der Waals surface area contributed by atoms with Gasteiger partial charge >= 0.3 is 0 Å². The second-order valence-corrected chi connectivity index (χ2v) is 8.52. The minimum Gasteiger partial charge on any atom is -0.389 e. The first kappa shape index (κ1) is 18.7. The lowest BCUT2D eigenvalue weighted by molar-refractivity contribution is -0.000276. The van der Waals surface area contributed by atoms with E-state index in [0.717, 1.165) is 37.7 Å². The van der Waals surface area contributed by atoms with Crippen molar-refractivity contribution in [2.45, 2.75) is 89.6 Å². The highest BCUT2D eigenvalue weighted by molar-refractivity contribution is 5.11. The Morgan fingerprint density at radius 3 is 2.70 bits per heavy atom. The number of hydrogen-bond donors (Lipinski definition) is 2. The Morgan fingerprint density at radius 2 is 2.13 bits per heavy atom. The summed E-state index contributed by atoms with van der Waals surface area (Å²) in [7, 11) is 0. The maximum Gasteiger partial charge on any atom is 0.0797 e. The minimum atomic E-state index is -0.823. The number of hydrogen-bond acceptors (Lipinski definition) is 3. The van der Waals surface area contributed by atoms with Crippen LogP contribution in [0.4, 0.5) is 0 Å². The number of fused-ring (bicyclic) bond motifs is 2. The lowest BCUT2D eigenvalue weighted by Gasteiger charge is -2.43. The summed E-state index contributed by atoms with van der Waals surface area (Å²) in [5.74, 6) is 0.400. The summed E-state index contributed by atoms with van der Waals surface area (Å²) in [6.07, 6.45) is 6.95. The third kappa shape index (κ3) is 3.57. The molecule has 2 rings (SSSR count). The fraction of sp³-hybridized carbons (Fsp3) is 0.800. The van der Waals surface area contributed by atoms with Crippen molar-refractivity contribution in [3.8, 4) is 0 Å². The van der Waals surface area contributed by atoms with Gasteiger partial charge in [0.2, 0.25) is 0 Å². The molecule has 2 heterocycles. The number of aliphatic hydroxyl groups excluding tert-OH is 1. The molecule has 2 N–H and O–H groups in total. The number of rotatable bonds is 8. The van der Waals surface area contributed by atoms with Crippen LogP contribution >= 0.6 is 0 Å². The highest BCUT2D eigenvalue weighted by Crippen LogP contribution is 2.61. The fourth-order valence-corrected chi connectivity index (χ4v) is 4.71. The first-order chi connectivity index (χ1) is 10.5. The Hall–Kier alpha value is -0.640. The van der Waals surface area contributed by atoms with Gasteiger partial charge in [-0.15, -0.1) is 6.58 Å². The van der Waals surface area contributed by atoms with Crippen molar-refractivity contribution in [2.75, 3.05) is 0 Å². The highest BCUT2D eigenvalue weighted by Gasteiger charge is 2.62. The molecule has 3 heteroatoms. The molecule has 23 heavy (non-hydrogen) atoms. The lowest BCUT2D eigenvalue weighted by atomic mass is 9.59. The molecule has 0 aliphatic carbocycles. The Labute approximate surface area is 141 Å². The van der Waals surface area contributed by atoms with Crippen LogP contribution in [0.15, 0.2) is 24.8 Å². The molecule has 0 radical (unpaired) electrons. The van der Waals surface area contributed by atoms with E-state index in [9.17, 15) is 10.2 Å². The third-order valence-electron chi connectivity index (χ3n) is 6.49. The van der Waals surface area contributed by atoms with Crippen molar-refractivity contribution in [3.63, 3.8) is 0 Å². The predicted molar refractivity (Wildman–Crippen MR) is 94.2 cm³/mol. The quantitative estimate of drug-likeness (QED) is 0.664. The van der Waals surface area contributed by atoms with Gasteiger partial charge in [-0.25, -0.2) is 0 Å². The molecule has 0 aromatic heterocycles. The van der Waals surface area contributed by atoms with Gasteiger partial charge in [0.05, 0.1) is 23.4 Å². The smallest absolute Gasteiger partial charge is 0.0797 e. The molecule has 2 saturated heterocycles. The molecule has 0 aromatic carbocycles. The summed E-state index contributed by atoms with van der Waals surface area (Å²) >= 11 is 0. The third-order valence-corrected chi connectivity index (χ3v) is 6.49. The average molecular weight is 322 g/mol. The summed E-state index contributed by atoms with van der Waals surface area (Å²) in [5.41, 5.74) is -0.0306. The van der Waals surface area contributed by atoms with Gasteiger partial charge < -0.3 is 14.9 Å². The van der Waals surface area contributed by atoms with Crippen LogP contribution in [0.25, 0.3) is 0 Å². The fourth-order valence-electron chi connectivity index (χ4n) is 4.71. The average Bonchev–Trinajstić information content (AvgIpc) is 2.96. The van der Waals surface area contributed by atoms with Crippen LogP contribution in [0.2, 0.25) is 0 Å². The second-order valence-electron chi connectivity index (χ2n) is 8.52. The zero-order valence-corrected chi connectivity index (χ0v) is 15.3. The zero-order chi connectivity index (χ0) is 17.5. The molecule has 2 bridgehead atoms. The molecule has 132 valence electrons. The molecule has 0 amide bonds. The van der Waals surface area contributed by atoms with E-state index in [1.165, 1.54) is 0 Å². The highest BCUT2D eigenvalue weighted by atomic mass is 16.5. The summed E-state index contributed by atoms with van der Waals surface area (Å²) < 4.78 is 6.37. The van der Waals surface area contributed by atoms with Gasteiger partial charge in [0.25, 0.3) is 0 Å². The molecule has 0 aromatic rings. The van der Waals surface area contributed by atoms with E-state index < -0.39 is 11.7 Å². The second kappa shape index (κ2) is 6.34. The van der Waals surface area contributed by atoms with Crippen molar-refractivity contribution in [1.82, 2.24) is 0 Å². The van der Waals surface area contributed by atoms with E-state index in [1.807, 2.05) is 13.8 Å². The van der Waals surface area contributed by atoms with Gasteiger partial charge in [0.15, 0.2) is 0 Å². The van der Waals surface area contributed by atoms with Crippen molar-refractivity contribution >= 4 is 0 Å². The van der Waals surface area contributed by atoms with E-state index in [-0.39, 0.29) is 17.1 Å². The Morgan fingerprint density at radius 1 is 1.48 bits per heavy atom. The van der Waals surface area contributed by atoms with Crippen LogP contribution in [0, 0.1) is 11.3 Å². The van der Waals surface area contributed by atoms with E-state index in [0.29, 0.717) is 12.3 Å². The maximum atomic E-state index is 10.3. The zero-order valence-electron chi connectivity index (χ0n) is 15.3. The van der Waals surface area contributed by atoms with Crippen LogP contribution in [0.5, 0.6) is 0 Å². The van der Waals surface area contributed by atoms with Crippen LogP contribution in [0.3, 0.4) is 0 Å². The molecule has 2 aliphatic rings. The van der Waals surface area contributed by atoms with Crippen LogP contribution in [0.1, 0.15) is 66.2 Å². The van der Waals surface area contributed by atoms with Gasteiger partial charge in [-0.3, -0.25) is 0 Å². The first-order valence-corrected chi connectivity index (χ1v) is 8.91. The normalized spacial score (nSPS) is 39.9. The molecule has 0 saturated carbocycles. The van der Waals surface area contributed by atoms with Gasteiger partial charge in [-0.05, 0) is 70.6 Å². The summed E-state index contributed by atoms with van der Waals surface area (Å²) in [5, 5.41) is 20.4. The number of ether oxygens (including phenoxy) is 1. The summed E-state index contributed by atoms with van der Waals surface area (Å²) in [6, 6.07) is 0. The first-order valence-electron chi connectivity index (χ1n) is 8.91. The predicted octanol–water partition coefficient (Wildman–Crippen LogP) is 3.99. The van der Waals surface area contributed by atoms with E-state index in [1.54, 1.807) is 6.08 Å². The largest absolute Gasteiger partial charge is 0.389 e. The van der Waals surface area contributed by atoms with E-state index in [2.05, 4.69) is 27.0 Å². The summed E-state index contributed by atoms with van der Waals surface area (Å²) in [6.45, 7) is 15.8. The van der Waals surface area contributed by atoms with E-state index >= 15 is 0 Å². The Bertz CT molecular complexity index is 470. The Kier molecular flexibility index (Phi) is 5.16. The van der Waals surface area contributed by atoms with Crippen molar-refractivity contribution < 1.29 is 14.9 Å². The topological polar surface area (TPSA) is 49.7 Å². The van der Waals surface area contributed by atoms with Gasteiger partial charge in [-0.1, -0.05) is 25.2 Å². The van der Waals surface area contributed by atoms with Crippen LogP contribution < -0.4 is 0 Å². The minimum absolute atomic E-state index is 0.0562. The van der Waals surface area contributed by atoms with E-state index in [4.69, 9.17) is 4.74 Å². The maximum absolute atomic E-state index is 10.3. The SMILES string of the molecule is C=CC(C)(O)CCC1C2(C)CCC(O2)C1(C)CCC(O)C(=C)C. The van der Waals surface area contributed by atoms with Gasteiger partial charge in [-0.2, -0.15) is 0 Å². The molecule has 3 nitrogen and oxygen atoms in total. The van der Waals surface area contributed by atoms with Crippen molar-refractivity contribution in [1.29, 1.82) is 0 Å². The van der Waals surface area contributed by atoms with Gasteiger partial charge in [0, 0.05) is 0 Å². The summed E-state index contributed by atoms with van der Waals surface area (Å²) in [4.78, 5) is 0.